The van der Waals surface area contributed by atoms with Gasteiger partial charge in [-0.1, -0.05) is 42.8 Å². The molecule has 2 aliphatic heterocycles. The van der Waals surface area contributed by atoms with Crippen LogP contribution in [0.3, 0.4) is 0 Å². The third-order valence-corrected chi connectivity index (χ3v) is 8.20. The Morgan fingerprint density at radius 1 is 0.750 bits per heavy atom. The standard InChI is InChI=1S/C25H33N3O3S/c29-25(26-18-21-6-8-22(9-7-21)19-27-14-4-5-15-27)24-12-10-23(11-13-24)20-32(30,31)28-16-2-1-3-17-28/h6-13H,1-5,14-20H2,(H,26,29). The Morgan fingerprint density at radius 2 is 1.31 bits per heavy atom. The van der Waals surface area contributed by atoms with Crippen LogP contribution in [0.15, 0.2) is 48.5 Å². The smallest absolute Gasteiger partial charge is 0.251 e. The molecular formula is C25H33N3O3S. The number of sulfonamides is 1. The third kappa shape index (κ3) is 6.18. The van der Waals surface area contributed by atoms with Crippen LogP contribution < -0.4 is 5.32 Å². The molecule has 0 saturated carbocycles. The molecule has 2 heterocycles. The van der Waals surface area contributed by atoms with Gasteiger partial charge in [-0.15, -0.1) is 0 Å². The number of amides is 1. The number of likely N-dealkylation sites (tertiary alicyclic amines) is 1. The summed E-state index contributed by atoms with van der Waals surface area (Å²) in [5.41, 5.74) is 3.61. The average Bonchev–Trinajstić information content (AvgIpc) is 3.32. The highest BCUT2D eigenvalue weighted by molar-refractivity contribution is 7.88. The molecule has 0 radical (unpaired) electrons. The van der Waals surface area contributed by atoms with E-state index in [0.717, 1.165) is 31.4 Å². The molecule has 0 unspecified atom stereocenters. The van der Waals surface area contributed by atoms with Crippen LogP contribution in [0.4, 0.5) is 0 Å². The van der Waals surface area contributed by atoms with Crippen LogP contribution in [-0.4, -0.2) is 49.7 Å². The number of carbonyl (C=O) groups is 1. The summed E-state index contributed by atoms with van der Waals surface area (Å²) in [6.45, 7) is 5.05. The van der Waals surface area contributed by atoms with E-state index >= 15 is 0 Å². The van der Waals surface area contributed by atoms with E-state index in [4.69, 9.17) is 0 Å². The summed E-state index contributed by atoms with van der Waals surface area (Å²) in [4.78, 5) is 15.0. The van der Waals surface area contributed by atoms with E-state index in [2.05, 4.69) is 34.5 Å². The molecule has 0 aliphatic carbocycles. The van der Waals surface area contributed by atoms with Crippen molar-refractivity contribution >= 4 is 15.9 Å². The normalized spacial score (nSPS) is 18.0. The molecule has 2 saturated heterocycles. The van der Waals surface area contributed by atoms with Crippen molar-refractivity contribution in [2.24, 2.45) is 0 Å². The lowest BCUT2D eigenvalue weighted by Crippen LogP contribution is -2.36. The molecule has 7 heteroatoms. The number of nitrogens with one attached hydrogen (secondary N) is 1. The number of piperidine rings is 1. The van der Waals surface area contributed by atoms with Gasteiger partial charge in [0.1, 0.15) is 0 Å². The average molecular weight is 456 g/mol. The van der Waals surface area contributed by atoms with Crippen LogP contribution in [0.1, 0.15) is 59.2 Å². The van der Waals surface area contributed by atoms with Crippen molar-refractivity contribution in [2.45, 2.75) is 50.9 Å². The fourth-order valence-electron chi connectivity index (χ4n) is 4.44. The summed E-state index contributed by atoms with van der Waals surface area (Å²) < 4.78 is 26.8. The van der Waals surface area contributed by atoms with Crippen LogP contribution in [0, 0.1) is 0 Å². The molecule has 2 aromatic rings. The molecule has 2 aromatic carbocycles. The lowest BCUT2D eigenvalue weighted by Gasteiger charge is -2.25. The van der Waals surface area contributed by atoms with Crippen LogP contribution in [-0.2, 0) is 28.9 Å². The molecule has 1 N–H and O–H groups in total. The van der Waals surface area contributed by atoms with Gasteiger partial charge in [0, 0.05) is 31.7 Å². The van der Waals surface area contributed by atoms with E-state index in [1.54, 1.807) is 28.6 Å². The second kappa shape index (κ2) is 10.6. The van der Waals surface area contributed by atoms with Crippen molar-refractivity contribution in [2.75, 3.05) is 26.2 Å². The lowest BCUT2D eigenvalue weighted by atomic mass is 10.1. The van der Waals surface area contributed by atoms with Crippen LogP contribution in [0.25, 0.3) is 0 Å². The summed E-state index contributed by atoms with van der Waals surface area (Å²) in [6, 6.07) is 15.3. The van der Waals surface area contributed by atoms with Crippen molar-refractivity contribution in [3.05, 3.63) is 70.8 Å². The van der Waals surface area contributed by atoms with Gasteiger partial charge in [-0.05, 0) is 67.6 Å². The van der Waals surface area contributed by atoms with Gasteiger partial charge in [-0.2, -0.15) is 0 Å². The van der Waals surface area contributed by atoms with Gasteiger partial charge in [-0.3, -0.25) is 9.69 Å². The fourth-order valence-corrected chi connectivity index (χ4v) is 6.05. The highest BCUT2D eigenvalue weighted by atomic mass is 32.2. The van der Waals surface area contributed by atoms with Gasteiger partial charge >= 0.3 is 0 Å². The summed E-state index contributed by atoms with van der Waals surface area (Å²) >= 11 is 0. The summed E-state index contributed by atoms with van der Waals surface area (Å²) in [7, 11) is -3.30. The van der Waals surface area contributed by atoms with Crippen molar-refractivity contribution in [1.29, 1.82) is 0 Å². The number of hydrogen-bond acceptors (Lipinski definition) is 4. The first-order chi connectivity index (χ1) is 15.5. The molecule has 0 aromatic heterocycles. The van der Waals surface area contributed by atoms with E-state index in [1.165, 1.54) is 31.5 Å². The number of carbonyl (C=O) groups excluding carboxylic acids is 1. The molecule has 1 amide bonds. The van der Waals surface area contributed by atoms with Crippen molar-refractivity contribution < 1.29 is 13.2 Å². The Balaban J connectivity index is 1.27. The zero-order valence-corrected chi connectivity index (χ0v) is 19.4. The van der Waals surface area contributed by atoms with Crippen molar-refractivity contribution in [1.82, 2.24) is 14.5 Å². The van der Waals surface area contributed by atoms with E-state index < -0.39 is 10.0 Å². The topological polar surface area (TPSA) is 69.7 Å². The number of hydrogen-bond donors (Lipinski definition) is 1. The largest absolute Gasteiger partial charge is 0.348 e. The second-order valence-electron chi connectivity index (χ2n) is 8.90. The quantitative estimate of drug-likeness (QED) is 0.661. The maximum Gasteiger partial charge on any atom is 0.251 e. The number of nitrogens with zero attached hydrogens (tertiary/aromatic N) is 2. The summed E-state index contributed by atoms with van der Waals surface area (Å²) in [5, 5.41) is 2.95. The van der Waals surface area contributed by atoms with Crippen LogP contribution >= 0.6 is 0 Å². The first kappa shape index (κ1) is 23.0. The maximum absolute atomic E-state index is 12.6. The van der Waals surface area contributed by atoms with Gasteiger partial charge in [0.25, 0.3) is 5.91 Å². The second-order valence-corrected chi connectivity index (χ2v) is 10.9. The third-order valence-electron chi connectivity index (χ3n) is 6.35. The van der Waals surface area contributed by atoms with Gasteiger partial charge < -0.3 is 5.32 Å². The van der Waals surface area contributed by atoms with Crippen molar-refractivity contribution in [3.8, 4) is 0 Å². The number of rotatable bonds is 8. The summed E-state index contributed by atoms with van der Waals surface area (Å²) in [5.74, 6) is -0.171. The van der Waals surface area contributed by atoms with Gasteiger partial charge in [0.15, 0.2) is 0 Å². The molecule has 32 heavy (non-hydrogen) atoms. The molecular weight excluding hydrogens is 422 g/mol. The highest BCUT2D eigenvalue weighted by Gasteiger charge is 2.24. The molecule has 4 rings (SSSR count). The predicted molar refractivity (Wildman–Crippen MR) is 127 cm³/mol. The molecule has 0 bridgehead atoms. The Morgan fingerprint density at radius 3 is 1.97 bits per heavy atom. The first-order valence-corrected chi connectivity index (χ1v) is 13.3. The Bertz CT molecular complexity index is 992. The van der Waals surface area contributed by atoms with Crippen molar-refractivity contribution in [3.63, 3.8) is 0 Å². The van der Waals surface area contributed by atoms with E-state index in [-0.39, 0.29) is 11.7 Å². The van der Waals surface area contributed by atoms with E-state index in [0.29, 0.717) is 30.8 Å². The summed E-state index contributed by atoms with van der Waals surface area (Å²) in [6.07, 6.45) is 5.54. The first-order valence-electron chi connectivity index (χ1n) is 11.6. The minimum absolute atomic E-state index is 0.0152. The fraction of sp³-hybridized carbons (Fsp3) is 0.480. The zero-order valence-electron chi connectivity index (χ0n) is 18.6. The molecule has 6 nitrogen and oxygen atoms in total. The molecule has 2 fully saturated rings. The molecule has 0 atom stereocenters. The minimum Gasteiger partial charge on any atom is -0.348 e. The molecule has 172 valence electrons. The zero-order chi connectivity index (χ0) is 22.4. The lowest BCUT2D eigenvalue weighted by molar-refractivity contribution is 0.0951. The maximum atomic E-state index is 12.6. The predicted octanol–water partition coefficient (Wildman–Crippen LogP) is 3.53. The Labute approximate surface area is 191 Å². The monoisotopic (exact) mass is 455 g/mol. The Hall–Kier alpha value is -2.22. The van der Waals surface area contributed by atoms with E-state index in [1.807, 2.05) is 0 Å². The highest BCUT2D eigenvalue weighted by Crippen LogP contribution is 2.18. The van der Waals surface area contributed by atoms with E-state index in [9.17, 15) is 13.2 Å². The minimum atomic E-state index is -3.30. The molecule has 2 aliphatic rings. The molecule has 0 spiro atoms. The number of benzene rings is 2. The van der Waals surface area contributed by atoms with Gasteiger partial charge in [-0.25, -0.2) is 12.7 Å². The van der Waals surface area contributed by atoms with Gasteiger partial charge in [0.05, 0.1) is 5.75 Å². The van der Waals surface area contributed by atoms with Crippen LogP contribution in [0.2, 0.25) is 0 Å². The Kier molecular flexibility index (Phi) is 7.60. The van der Waals surface area contributed by atoms with Crippen LogP contribution in [0.5, 0.6) is 0 Å². The van der Waals surface area contributed by atoms with Gasteiger partial charge in [0.2, 0.25) is 10.0 Å². The SMILES string of the molecule is O=C(NCc1ccc(CN2CCCC2)cc1)c1ccc(CS(=O)(=O)N2CCCCC2)cc1.